The molecular weight excluding hydrogens is 278 g/mol. The summed E-state index contributed by atoms with van der Waals surface area (Å²) < 4.78 is 0. The summed E-state index contributed by atoms with van der Waals surface area (Å²) in [5.41, 5.74) is 1.90. The third kappa shape index (κ3) is 3.17. The highest BCUT2D eigenvalue weighted by Crippen LogP contribution is 2.32. The molecule has 22 heavy (non-hydrogen) atoms. The molecule has 4 heteroatoms. The second-order valence-corrected chi connectivity index (χ2v) is 5.73. The number of carboxylic acid groups (broad SMARTS) is 1. The van der Waals surface area contributed by atoms with Gasteiger partial charge in [0.2, 0.25) is 0 Å². The van der Waals surface area contributed by atoms with Crippen molar-refractivity contribution in [3.05, 3.63) is 59.7 Å². The van der Waals surface area contributed by atoms with Crippen LogP contribution >= 0.6 is 0 Å². The second kappa shape index (κ2) is 6.02. The Morgan fingerprint density at radius 1 is 1.00 bits per heavy atom. The number of carboxylic acids is 1. The van der Waals surface area contributed by atoms with Crippen LogP contribution in [-0.4, -0.2) is 16.9 Å². The maximum atomic E-state index is 11.5. The molecular formula is C18H19NO3. The number of Topliss-reactive ketones (excluding diaryl/α,β-unsaturated/α-hetero) is 1. The number of para-hydroxylation sites is 1. The zero-order valence-corrected chi connectivity index (χ0v) is 12.9. The molecule has 2 N–H and O–H groups in total. The number of nitrogens with one attached hydrogen (secondary N) is 1. The average Bonchev–Trinajstić information content (AvgIpc) is 2.48. The van der Waals surface area contributed by atoms with E-state index >= 15 is 0 Å². The number of hydrogen-bond donors (Lipinski definition) is 2. The first-order chi connectivity index (χ1) is 10.3. The van der Waals surface area contributed by atoms with E-state index in [-0.39, 0.29) is 5.78 Å². The van der Waals surface area contributed by atoms with E-state index in [4.69, 9.17) is 0 Å². The zero-order valence-electron chi connectivity index (χ0n) is 12.9. The number of benzene rings is 2. The maximum absolute atomic E-state index is 11.5. The topological polar surface area (TPSA) is 66.4 Å². The lowest BCUT2D eigenvalue weighted by atomic mass is 9.83. The number of carbonyl (C=O) groups excluding carboxylic acids is 1. The van der Waals surface area contributed by atoms with E-state index in [1.54, 1.807) is 44.2 Å². The van der Waals surface area contributed by atoms with Gasteiger partial charge in [-0.05, 0) is 56.7 Å². The summed E-state index contributed by atoms with van der Waals surface area (Å²) in [6, 6.07) is 14.4. The van der Waals surface area contributed by atoms with Crippen molar-refractivity contribution in [3.63, 3.8) is 0 Å². The SMILES string of the molecule is CC(=O)c1ccc(Nc2ccccc2C(C)(C)C(=O)O)cc1. The summed E-state index contributed by atoms with van der Waals surface area (Å²) in [7, 11) is 0. The monoisotopic (exact) mass is 297 g/mol. The van der Waals surface area contributed by atoms with Gasteiger partial charge in [0.05, 0.1) is 5.41 Å². The molecule has 4 nitrogen and oxygen atoms in total. The molecule has 0 bridgehead atoms. The average molecular weight is 297 g/mol. The van der Waals surface area contributed by atoms with Crippen molar-refractivity contribution < 1.29 is 14.7 Å². The van der Waals surface area contributed by atoms with Crippen molar-refractivity contribution in [3.8, 4) is 0 Å². The van der Waals surface area contributed by atoms with Crippen LogP contribution < -0.4 is 5.32 Å². The molecule has 0 saturated carbocycles. The fourth-order valence-corrected chi connectivity index (χ4v) is 2.20. The summed E-state index contributed by atoms with van der Waals surface area (Å²) in [6.07, 6.45) is 0. The number of aliphatic carboxylic acids is 1. The minimum atomic E-state index is -0.997. The van der Waals surface area contributed by atoms with Crippen LogP contribution in [0.15, 0.2) is 48.5 Å². The highest BCUT2D eigenvalue weighted by molar-refractivity contribution is 5.94. The van der Waals surface area contributed by atoms with Crippen LogP contribution in [0.3, 0.4) is 0 Å². The van der Waals surface area contributed by atoms with Gasteiger partial charge in [0.15, 0.2) is 5.78 Å². The van der Waals surface area contributed by atoms with Gasteiger partial charge in [-0.2, -0.15) is 0 Å². The van der Waals surface area contributed by atoms with Gasteiger partial charge >= 0.3 is 5.97 Å². The van der Waals surface area contributed by atoms with E-state index in [9.17, 15) is 14.7 Å². The molecule has 2 rings (SSSR count). The Morgan fingerprint density at radius 2 is 1.59 bits per heavy atom. The van der Waals surface area contributed by atoms with E-state index in [0.29, 0.717) is 11.1 Å². The predicted molar refractivity (Wildman–Crippen MR) is 86.8 cm³/mol. The minimum Gasteiger partial charge on any atom is -0.481 e. The molecule has 0 radical (unpaired) electrons. The second-order valence-electron chi connectivity index (χ2n) is 5.73. The normalized spacial score (nSPS) is 11.0. The molecule has 0 unspecified atom stereocenters. The number of anilines is 2. The van der Waals surface area contributed by atoms with Gasteiger partial charge in [0.25, 0.3) is 0 Å². The highest BCUT2D eigenvalue weighted by Gasteiger charge is 2.31. The van der Waals surface area contributed by atoms with Crippen LogP contribution in [0.1, 0.15) is 36.7 Å². The first-order valence-corrected chi connectivity index (χ1v) is 7.03. The maximum Gasteiger partial charge on any atom is 0.313 e. The summed E-state index contributed by atoms with van der Waals surface area (Å²) in [5, 5.41) is 12.6. The van der Waals surface area contributed by atoms with Crippen LogP contribution in [0.2, 0.25) is 0 Å². The molecule has 0 fully saturated rings. The van der Waals surface area contributed by atoms with E-state index in [2.05, 4.69) is 5.32 Å². The predicted octanol–water partition coefficient (Wildman–Crippen LogP) is 4.00. The van der Waals surface area contributed by atoms with Crippen LogP contribution in [0.25, 0.3) is 0 Å². The molecule has 2 aromatic rings. The Kier molecular flexibility index (Phi) is 4.31. The Labute approximate surface area is 129 Å². The Bertz CT molecular complexity index is 703. The van der Waals surface area contributed by atoms with Crippen molar-refractivity contribution in [2.75, 3.05) is 5.32 Å². The van der Waals surface area contributed by atoms with Crippen molar-refractivity contribution in [1.82, 2.24) is 0 Å². The van der Waals surface area contributed by atoms with Crippen molar-refractivity contribution in [1.29, 1.82) is 0 Å². The lowest BCUT2D eigenvalue weighted by Gasteiger charge is -2.23. The standard InChI is InChI=1S/C18H19NO3/c1-12(20)13-8-10-14(11-9-13)19-16-7-5-4-6-15(16)18(2,3)17(21)22/h4-11,19H,1-3H3,(H,21,22). The Hall–Kier alpha value is -2.62. The first-order valence-electron chi connectivity index (χ1n) is 7.03. The fraction of sp³-hybridized carbons (Fsp3) is 0.222. The highest BCUT2D eigenvalue weighted by atomic mass is 16.4. The third-order valence-electron chi connectivity index (χ3n) is 3.71. The molecule has 0 amide bonds. The quantitative estimate of drug-likeness (QED) is 0.819. The summed E-state index contributed by atoms with van der Waals surface area (Å²) in [6.45, 7) is 4.87. The van der Waals surface area contributed by atoms with Gasteiger partial charge in [-0.1, -0.05) is 18.2 Å². The smallest absolute Gasteiger partial charge is 0.313 e. The van der Waals surface area contributed by atoms with E-state index in [0.717, 1.165) is 11.4 Å². The first kappa shape index (κ1) is 15.8. The number of hydrogen-bond acceptors (Lipinski definition) is 3. The number of carbonyl (C=O) groups is 2. The Balaban J connectivity index is 2.34. The van der Waals surface area contributed by atoms with Crippen molar-refractivity contribution in [2.45, 2.75) is 26.2 Å². The van der Waals surface area contributed by atoms with Gasteiger partial charge in [-0.3, -0.25) is 9.59 Å². The van der Waals surface area contributed by atoms with Crippen LogP contribution in [0.4, 0.5) is 11.4 Å². The van der Waals surface area contributed by atoms with Crippen molar-refractivity contribution >= 4 is 23.1 Å². The molecule has 0 saturated heterocycles. The lowest BCUT2D eigenvalue weighted by molar-refractivity contribution is -0.142. The van der Waals surface area contributed by atoms with E-state index < -0.39 is 11.4 Å². The summed E-state index contributed by atoms with van der Waals surface area (Å²) >= 11 is 0. The zero-order chi connectivity index (χ0) is 16.3. The van der Waals surface area contributed by atoms with E-state index in [1.165, 1.54) is 6.92 Å². The van der Waals surface area contributed by atoms with E-state index in [1.807, 2.05) is 18.2 Å². The van der Waals surface area contributed by atoms with Crippen LogP contribution in [0, 0.1) is 0 Å². The van der Waals surface area contributed by atoms with Gasteiger partial charge in [-0.25, -0.2) is 0 Å². The molecule has 2 aromatic carbocycles. The lowest BCUT2D eigenvalue weighted by Crippen LogP contribution is -2.29. The number of rotatable bonds is 5. The van der Waals surface area contributed by atoms with Gasteiger partial charge in [-0.15, -0.1) is 0 Å². The molecule has 0 aliphatic carbocycles. The van der Waals surface area contributed by atoms with Crippen LogP contribution in [-0.2, 0) is 10.2 Å². The molecule has 0 aliphatic rings. The third-order valence-corrected chi connectivity index (χ3v) is 3.71. The fourth-order valence-electron chi connectivity index (χ4n) is 2.20. The summed E-state index contributed by atoms with van der Waals surface area (Å²) in [5.74, 6) is -0.868. The number of ketones is 1. The van der Waals surface area contributed by atoms with Gasteiger partial charge < -0.3 is 10.4 Å². The van der Waals surface area contributed by atoms with Gasteiger partial charge in [0.1, 0.15) is 0 Å². The van der Waals surface area contributed by atoms with Crippen molar-refractivity contribution in [2.24, 2.45) is 0 Å². The molecule has 0 spiro atoms. The molecule has 0 aromatic heterocycles. The molecule has 0 heterocycles. The Morgan fingerprint density at radius 3 is 2.14 bits per heavy atom. The summed E-state index contributed by atoms with van der Waals surface area (Å²) in [4.78, 5) is 22.8. The molecule has 0 atom stereocenters. The largest absolute Gasteiger partial charge is 0.481 e. The molecule has 0 aliphatic heterocycles. The van der Waals surface area contributed by atoms with Gasteiger partial charge in [0, 0.05) is 16.9 Å². The molecule has 114 valence electrons. The van der Waals surface area contributed by atoms with Crippen LogP contribution in [0.5, 0.6) is 0 Å². The minimum absolute atomic E-state index is 0.0129.